The summed E-state index contributed by atoms with van der Waals surface area (Å²) in [6.07, 6.45) is -0.107. The smallest absolute Gasteiger partial charge is 0.353 e. The van der Waals surface area contributed by atoms with Crippen molar-refractivity contribution in [3.05, 3.63) is 10.7 Å². The van der Waals surface area contributed by atoms with Gasteiger partial charge in [-0.1, -0.05) is 23.2 Å². The molecule has 0 aromatic carbocycles. The van der Waals surface area contributed by atoms with Gasteiger partial charge in [0.1, 0.15) is 5.70 Å². The Hall–Kier alpha value is -0.920. The lowest BCUT2D eigenvalue weighted by Gasteiger charge is -2.48. The van der Waals surface area contributed by atoms with Crippen molar-refractivity contribution in [1.82, 2.24) is 4.90 Å². The zero-order valence-corrected chi connectivity index (χ0v) is 11.8. The maximum Gasteiger partial charge on any atom is 0.353 e. The fraction of sp³-hybridized carbons (Fsp3) is 0.500. The maximum absolute atomic E-state index is 11.9. The van der Waals surface area contributed by atoms with Crippen LogP contribution in [0.3, 0.4) is 0 Å². The van der Waals surface area contributed by atoms with Gasteiger partial charge in [-0.05, 0) is 0 Å². The van der Waals surface area contributed by atoms with Crippen molar-refractivity contribution in [2.24, 2.45) is 5.92 Å². The molecular weight excluding hydrogens is 317 g/mol. The third-order valence-electron chi connectivity index (χ3n) is 2.84. The highest BCUT2D eigenvalue weighted by molar-refractivity contribution is 8.00. The summed E-state index contributed by atoms with van der Waals surface area (Å²) in [6.45, 7) is 0. The van der Waals surface area contributed by atoms with Gasteiger partial charge < -0.3 is 9.84 Å². The van der Waals surface area contributed by atoms with E-state index in [4.69, 9.17) is 28.3 Å². The van der Waals surface area contributed by atoms with E-state index in [9.17, 15) is 14.4 Å². The molecule has 2 rings (SSSR count). The second-order valence-electron chi connectivity index (χ2n) is 3.90. The first-order chi connectivity index (χ1) is 8.97. The minimum atomic E-state index is -1.24. The number of amides is 1. The van der Waals surface area contributed by atoms with E-state index >= 15 is 0 Å². The average molecular weight is 326 g/mol. The number of alkyl halides is 1. The summed E-state index contributed by atoms with van der Waals surface area (Å²) in [5, 5.41) is 8.79. The van der Waals surface area contributed by atoms with Crippen LogP contribution < -0.4 is 0 Å². The molecule has 0 aromatic heterocycles. The largest absolute Gasteiger partial charge is 0.477 e. The Balaban J connectivity index is 2.11. The summed E-state index contributed by atoms with van der Waals surface area (Å²) < 4.78 is 4.56. The van der Waals surface area contributed by atoms with Gasteiger partial charge in [0, 0.05) is 5.75 Å². The Bertz CT molecular complexity index is 481. The molecule has 104 valence electrons. The zero-order chi connectivity index (χ0) is 14.2. The van der Waals surface area contributed by atoms with Crippen LogP contribution in [0.5, 0.6) is 0 Å². The van der Waals surface area contributed by atoms with Crippen LogP contribution in [0.25, 0.3) is 0 Å². The molecule has 2 aliphatic heterocycles. The standard InChI is InChI=1S/C10H9Cl2NO5S/c11-3-18-6(14)1-4-8(15)13-7(10(16)17)5(12)2-19-9(4)13/h4,9H,1-3H2,(H,16,17)/t4?,9-/m0/s1. The lowest BCUT2D eigenvalue weighted by atomic mass is 9.93. The van der Waals surface area contributed by atoms with Gasteiger partial charge in [0.2, 0.25) is 5.91 Å². The van der Waals surface area contributed by atoms with E-state index in [1.54, 1.807) is 0 Å². The van der Waals surface area contributed by atoms with Crippen LogP contribution in [0, 0.1) is 5.92 Å². The van der Waals surface area contributed by atoms with Crippen LogP contribution in [-0.4, -0.2) is 45.0 Å². The van der Waals surface area contributed by atoms with Crippen molar-refractivity contribution in [2.75, 3.05) is 11.8 Å². The molecule has 1 fully saturated rings. The predicted octanol–water partition coefficient (Wildman–Crippen LogP) is 1.18. The normalized spacial score (nSPS) is 25.8. The lowest BCUT2D eigenvalue weighted by molar-refractivity contribution is -0.158. The van der Waals surface area contributed by atoms with E-state index in [0.29, 0.717) is 5.75 Å². The van der Waals surface area contributed by atoms with Crippen molar-refractivity contribution in [2.45, 2.75) is 11.8 Å². The summed E-state index contributed by atoms with van der Waals surface area (Å²) in [7, 11) is 0. The Morgan fingerprint density at radius 1 is 1.53 bits per heavy atom. The SMILES string of the molecule is O=C(CC1C(=O)N2C(C(=O)O)=C(Cl)CS[C@@H]12)OCCl. The van der Waals surface area contributed by atoms with Crippen molar-refractivity contribution in [3.63, 3.8) is 0 Å². The number of nitrogens with zero attached hydrogens (tertiary/aromatic N) is 1. The molecule has 2 aliphatic rings. The van der Waals surface area contributed by atoms with Crippen molar-refractivity contribution < 1.29 is 24.2 Å². The highest BCUT2D eigenvalue weighted by Crippen LogP contribution is 2.45. The van der Waals surface area contributed by atoms with Gasteiger partial charge >= 0.3 is 11.9 Å². The van der Waals surface area contributed by atoms with Crippen LogP contribution in [0.4, 0.5) is 0 Å². The van der Waals surface area contributed by atoms with Crippen molar-refractivity contribution in [3.8, 4) is 0 Å². The molecule has 2 atom stereocenters. The molecule has 19 heavy (non-hydrogen) atoms. The van der Waals surface area contributed by atoms with Crippen LogP contribution in [0.2, 0.25) is 0 Å². The molecule has 0 saturated carbocycles. The van der Waals surface area contributed by atoms with Gasteiger partial charge in [0.05, 0.1) is 22.7 Å². The number of hydrogen-bond donors (Lipinski definition) is 1. The number of ether oxygens (including phenoxy) is 1. The fourth-order valence-corrected chi connectivity index (χ4v) is 3.76. The number of halogens is 2. The van der Waals surface area contributed by atoms with Gasteiger partial charge in [-0.25, -0.2) is 4.79 Å². The summed E-state index contributed by atoms with van der Waals surface area (Å²) >= 11 is 12.4. The van der Waals surface area contributed by atoms with E-state index in [-0.39, 0.29) is 28.6 Å². The van der Waals surface area contributed by atoms with Crippen molar-refractivity contribution in [1.29, 1.82) is 0 Å². The summed E-state index contributed by atoms with van der Waals surface area (Å²) in [5.41, 5.74) is -0.197. The Labute approximate surface area is 122 Å². The number of carbonyl (C=O) groups is 3. The number of rotatable bonds is 4. The van der Waals surface area contributed by atoms with Crippen molar-refractivity contribution >= 4 is 52.8 Å². The van der Waals surface area contributed by atoms with Gasteiger partial charge in [-0.15, -0.1) is 11.8 Å². The number of fused-ring (bicyclic) bond motifs is 1. The second kappa shape index (κ2) is 5.60. The molecule has 2 heterocycles. The van der Waals surface area contributed by atoms with Gasteiger partial charge in [-0.2, -0.15) is 0 Å². The Morgan fingerprint density at radius 3 is 2.79 bits per heavy atom. The number of carbonyl (C=O) groups excluding carboxylic acids is 2. The minimum Gasteiger partial charge on any atom is -0.477 e. The first-order valence-corrected chi connectivity index (χ1v) is 7.21. The monoisotopic (exact) mass is 325 g/mol. The fourth-order valence-electron chi connectivity index (χ4n) is 2.02. The molecule has 0 aromatic rings. The predicted molar refractivity (Wildman–Crippen MR) is 68.5 cm³/mol. The molecule has 0 aliphatic carbocycles. The number of thioether (sulfide) groups is 1. The topological polar surface area (TPSA) is 83.9 Å². The highest BCUT2D eigenvalue weighted by Gasteiger charge is 2.54. The molecule has 9 heteroatoms. The van der Waals surface area contributed by atoms with Crippen LogP contribution in [-0.2, 0) is 19.1 Å². The van der Waals surface area contributed by atoms with Crippen LogP contribution in [0.15, 0.2) is 10.7 Å². The van der Waals surface area contributed by atoms with E-state index in [1.807, 2.05) is 0 Å². The second-order valence-corrected chi connectivity index (χ2v) is 5.68. The average Bonchev–Trinajstić information content (AvgIpc) is 2.35. The zero-order valence-electron chi connectivity index (χ0n) is 9.47. The maximum atomic E-state index is 11.9. The molecule has 0 spiro atoms. The number of aliphatic carboxylic acids is 1. The Morgan fingerprint density at radius 2 is 2.21 bits per heavy atom. The quantitative estimate of drug-likeness (QED) is 0.474. The molecular formula is C10H9Cl2NO5S. The van der Waals surface area contributed by atoms with Crippen LogP contribution >= 0.6 is 35.0 Å². The molecule has 0 bridgehead atoms. The van der Waals surface area contributed by atoms with E-state index in [2.05, 4.69) is 4.74 Å². The van der Waals surface area contributed by atoms with Gasteiger partial charge in [0.15, 0.2) is 6.07 Å². The van der Waals surface area contributed by atoms with E-state index < -0.39 is 23.8 Å². The minimum absolute atomic E-state index is 0.107. The number of hydrogen-bond acceptors (Lipinski definition) is 5. The highest BCUT2D eigenvalue weighted by atomic mass is 35.5. The number of carboxylic acids is 1. The first kappa shape index (κ1) is 14.5. The summed E-state index contributed by atoms with van der Waals surface area (Å²) in [4.78, 5) is 35.4. The number of esters is 1. The third kappa shape index (κ3) is 2.54. The Kier molecular flexibility index (Phi) is 4.27. The molecule has 1 saturated heterocycles. The van der Waals surface area contributed by atoms with Gasteiger partial charge in [0.25, 0.3) is 0 Å². The number of carboxylic acid groups (broad SMARTS) is 1. The van der Waals surface area contributed by atoms with E-state index in [0.717, 1.165) is 4.90 Å². The van der Waals surface area contributed by atoms with E-state index in [1.165, 1.54) is 11.8 Å². The van der Waals surface area contributed by atoms with Gasteiger partial charge in [-0.3, -0.25) is 14.5 Å². The summed E-state index contributed by atoms with van der Waals surface area (Å²) in [6, 6.07) is -0.270. The molecule has 1 N–H and O–H groups in total. The number of β-lactam (4-membered cyclic amide) rings is 1. The molecule has 1 amide bonds. The van der Waals surface area contributed by atoms with Crippen LogP contribution in [0.1, 0.15) is 6.42 Å². The first-order valence-electron chi connectivity index (χ1n) is 5.25. The molecule has 1 unspecified atom stereocenters. The third-order valence-corrected chi connectivity index (χ3v) is 4.75. The molecule has 0 radical (unpaired) electrons. The lowest BCUT2D eigenvalue weighted by Crippen LogP contribution is -2.61. The molecule has 6 nitrogen and oxygen atoms in total. The summed E-state index contributed by atoms with van der Waals surface area (Å²) in [5.74, 6) is -2.53.